The van der Waals surface area contributed by atoms with Gasteiger partial charge in [-0.1, -0.05) is 57.0 Å². The summed E-state index contributed by atoms with van der Waals surface area (Å²) in [5.41, 5.74) is 4.09. The Hall–Kier alpha value is -2.36. The highest BCUT2D eigenvalue weighted by molar-refractivity contribution is 6.77. The molecule has 1 N–H and O–H groups in total. The highest BCUT2D eigenvalue weighted by Crippen LogP contribution is 2.27. The van der Waals surface area contributed by atoms with E-state index in [0.717, 1.165) is 23.8 Å². The SMILES string of the molecule is C[Si](C)(C)CCNC(=O)c1cc(-c2ccc(CN3CC[Si](C)(C)CC3)cc2)nc2ccc(F)cc12. The Bertz CT molecular complexity index is 1200. The first-order chi connectivity index (χ1) is 16.5. The van der Waals surface area contributed by atoms with E-state index in [2.05, 4.69) is 67.2 Å². The standard InChI is InChI=1S/C28H38FN3OSi2/c1-34(2,3)15-12-30-28(33)25-19-27(31-26-11-10-23(29)18-24(25)26)22-8-6-21(7-9-22)20-32-13-16-35(4,5)17-14-32/h6-11,18-19H,12-17,20H2,1-5H3,(H,30,33). The van der Waals surface area contributed by atoms with Crippen molar-refractivity contribution < 1.29 is 9.18 Å². The second-order valence-corrected chi connectivity index (χ2v) is 22.9. The molecular weight excluding hydrogens is 469 g/mol. The Balaban J connectivity index is 1.56. The molecule has 1 aromatic heterocycles. The van der Waals surface area contributed by atoms with Crippen LogP contribution in [0.5, 0.6) is 0 Å². The molecule has 1 aliphatic rings. The topological polar surface area (TPSA) is 45.2 Å². The summed E-state index contributed by atoms with van der Waals surface area (Å²) in [6.07, 6.45) is 0. The van der Waals surface area contributed by atoms with Crippen LogP contribution in [-0.2, 0) is 6.54 Å². The maximum Gasteiger partial charge on any atom is 0.252 e. The number of carbonyl (C=O) groups excluding carboxylic acids is 1. The lowest BCUT2D eigenvalue weighted by Gasteiger charge is -2.35. The zero-order valence-corrected chi connectivity index (χ0v) is 23.7. The molecule has 0 spiro atoms. The second-order valence-electron chi connectivity index (χ2n) is 11.9. The van der Waals surface area contributed by atoms with E-state index in [1.807, 2.05) is 0 Å². The van der Waals surface area contributed by atoms with E-state index < -0.39 is 16.1 Å². The molecule has 0 aliphatic carbocycles. The number of nitrogens with zero attached hydrogens (tertiary/aromatic N) is 2. The highest BCUT2D eigenvalue weighted by Gasteiger charge is 2.27. The number of hydrogen-bond acceptors (Lipinski definition) is 3. The minimum atomic E-state index is -1.27. The van der Waals surface area contributed by atoms with Crippen LogP contribution in [0.2, 0.25) is 50.9 Å². The largest absolute Gasteiger partial charge is 0.352 e. The van der Waals surface area contributed by atoms with Gasteiger partial charge in [0.05, 0.1) is 16.8 Å². The van der Waals surface area contributed by atoms with Crippen molar-refractivity contribution in [2.24, 2.45) is 0 Å². The zero-order valence-electron chi connectivity index (χ0n) is 21.7. The predicted molar refractivity (Wildman–Crippen MR) is 150 cm³/mol. The van der Waals surface area contributed by atoms with Gasteiger partial charge in [-0.15, -0.1) is 0 Å². The van der Waals surface area contributed by atoms with Gasteiger partial charge in [0, 0.05) is 40.2 Å². The minimum Gasteiger partial charge on any atom is -0.352 e. The number of carbonyl (C=O) groups is 1. The summed E-state index contributed by atoms with van der Waals surface area (Å²) >= 11 is 0. The van der Waals surface area contributed by atoms with Crippen molar-refractivity contribution in [1.29, 1.82) is 0 Å². The smallest absolute Gasteiger partial charge is 0.252 e. The highest BCUT2D eigenvalue weighted by atomic mass is 28.3. The number of hydrogen-bond donors (Lipinski definition) is 1. The third kappa shape index (κ3) is 6.87. The van der Waals surface area contributed by atoms with Crippen LogP contribution in [-0.4, -0.2) is 51.6 Å². The number of benzene rings is 2. The lowest BCUT2D eigenvalue weighted by molar-refractivity contribution is 0.0957. The monoisotopic (exact) mass is 507 g/mol. The number of rotatable bonds is 7. The number of aromatic nitrogens is 1. The average molecular weight is 508 g/mol. The molecule has 4 rings (SSSR count). The van der Waals surface area contributed by atoms with Gasteiger partial charge in [-0.2, -0.15) is 0 Å². The molecule has 0 bridgehead atoms. The van der Waals surface area contributed by atoms with Crippen molar-refractivity contribution in [3.63, 3.8) is 0 Å². The van der Waals surface area contributed by atoms with E-state index >= 15 is 0 Å². The van der Waals surface area contributed by atoms with Gasteiger partial charge < -0.3 is 5.32 Å². The Morgan fingerprint density at radius 1 is 1.06 bits per heavy atom. The van der Waals surface area contributed by atoms with E-state index in [4.69, 9.17) is 4.98 Å². The summed E-state index contributed by atoms with van der Waals surface area (Å²) in [5.74, 6) is -0.535. The van der Waals surface area contributed by atoms with Gasteiger partial charge in [-0.3, -0.25) is 9.69 Å². The molecule has 4 nitrogen and oxygen atoms in total. The third-order valence-corrected chi connectivity index (χ3v) is 11.9. The first-order valence-electron chi connectivity index (χ1n) is 12.7. The van der Waals surface area contributed by atoms with E-state index in [1.165, 1.54) is 42.9 Å². The minimum absolute atomic E-state index is 0.171. The van der Waals surface area contributed by atoms with Crippen molar-refractivity contribution in [1.82, 2.24) is 15.2 Å². The van der Waals surface area contributed by atoms with Crippen LogP contribution in [0.4, 0.5) is 4.39 Å². The molecule has 0 unspecified atom stereocenters. The normalized spacial score (nSPS) is 16.4. The molecule has 0 atom stereocenters. The van der Waals surface area contributed by atoms with Crippen LogP contribution < -0.4 is 5.32 Å². The van der Waals surface area contributed by atoms with E-state index in [0.29, 0.717) is 23.0 Å². The predicted octanol–water partition coefficient (Wildman–Crippen LogP) is 6.63. The molecule has 7 heteroatoms. The Morgan fingerprint density at radius 2 is 1.74 bits per heavy atom. The fourth-order valence-corrected chi connectivity index (χ4v) is 7.50. The van der Waals surface area contributed by atoms with Crippen LogP contribution in [0.25, 0.3) is 22.2 Å². The fraction of sp³-hybridized carbons (Fsp3) is 0.429. The lowest BCUT2D eigenvalue weighted by Crippen LogP contribution is -2.42. The van der Waals surface area contributed by atoms with Crippen LogP contribution >= 0.6 is 0 Å². The van der Waals surface area contributed by atoms with Gasteiger partial charge in [-0.25, -0.2) is 9.37 Å². The molecule has 186 valence electrons. The number of nitrogens with one attached hydrogen (secondary N) is 1. The van der Waals surface area contributed by atoms with Crippen LogP contribution in [0, 0.1) is 5.82 Å². The molecule has 1 saturated heterocycles. The molecule has 0 radical (unpaired) electrons. The third-order valence-electron chi connectivity index (χ3n) is 7.04. The van der Waals surface area contributed by atoms with Gasteiger partial charge in [-0.05, 0) is 61.1 Å². The zero-order chi connectivity index (χ0) is 25.2. The number of amides is 1. The fourth-order valence-electron chi connectivity index (χ4n) is 4.54. The van der Waals surface area contributed by atoms with E-state index in [9.17, 15) is 9.18 Å². The van der Waals surface area contributed by atoms with Gasteiger partial charge in [0.15, 0.2) is 0 Å². The molecule has 2 heterocycles. The molecule has 1 aliphatic heterocycles. The quantitative estimate of drug-likeness (QED) is 0.365. The summed E-state index contributed by atoms with van der Waals surface area (Å²) < 4.78 is 14.0. The van der Waals surface area contributed by atoms with Gasteiger partial charge >= 0.3 is 0 Å². The van der Waals surface area contributed by atoms with Crippen molar-refractivity contribution >= 4 is 33.0 Å². The summed E-state index contributed by atoms with van der Waals surface area (Å²) in [7, 11) is -2.23. The maximum atomic E-state index is 14.0. The maximum absolute atomic E-state index is 14.0. The van der Waals surface area contributed by atoms with E-state index in [-0.39, 0.29) is 11.7 Å². The van der Waals surface area contributed by atoms with Crippen molar-refractivity contribution in [3.05, 3.63) is 65.5 Å². The molecule has 2 aromatic carbocycles. The lowest BCUT2D eigenvalue weighted by atomic mass is 10.0. The molecule has 0 saturated carbocycles. The van der Waals surface area contributed by atoms with Crippen molar-refractivity contribution in [2.75, 3.05) is 19.6 Å². The van der Waals surface area contributed by atoms with Crippen LogP contribution in [0.3, 0.4) is 0 Å². The van der Waals surface area contributed by atoms with Gasteiger partial charge in [0.2, 0.25) is 0 Å². The Morgan fingerprint density at radius 3 is 2.40 bits per heavy atom. The molecule has 3 aromatic rings. The number of fused-ring (bicyclic) bond motifs is 1. The van der Waals surface area contributed by atoms with Crippen molar-refractivity contribution in [3.8, 4) is 11.3 Å². The second kappa shape index (κ2) is 10.3. The first-order valence-corrected chi connectivity index (χ1v) is 19.8. The van der Waals surface area contributed by atoms with Crippen LogP contribution in [0.1, 0.15) is 15.9 Å². The summed E-state index contributed by atoms with van der Waals surface area (Å²) in [5, 5.41) is 3.60. The summed E-state index contributed by atoms with van der Waals surface area (Å²) in [6.45, 7) is 15.8. The number of halogens is 1. The van der Waals surface area contributed by atoms with Gasteiger partial charge in [0.25, 0.3) is 5.91 Å². The van der Waals surface area contributed by atoms with Crippen molar-refractivity contribution in [2.45, 2.75) is 57.4 Å². The molecule has 35 heavy (non-hydrogen) atoms. The molecule has 1 amide bonds. The Kier molecular flexibility index (Phi) is 7.59. The Labute approximate surface area is 211 Å². The summed E-state index contributed by atoms with van der Waals surface area (Å²) in [6, 6.07) is 18.5. The number of pyridine rings is 1. The van der Waals surface area contributed by atoms with E-state index in [1.54, 1.807) is 12.1 Å². The summed E-state index contributed by atoms with van der Waals surface area (Å²) in [4.78, 5) is 20.4. The average Bonchev–Trinajstić information content (AvgIpc) is 2.79. The first kappa shape index (κ1) is 25.7. The molecular formula is C28H38FN3OSi2. The molecule has 1 fully saturated rings. The van der Waals surface area contributed by atoms with Gasteiger partial charge in [0.1, 0.15) is 5.82 Å². The van der Waals surface area contributed by atoms with Crippen LogP contribution in [0.15, 0.2) is 48.5 Å².